The van der Waals surface area contributed by atoms with E-state index in [0.29, 0.717) is 29.6 Å². The van der Waals surface area contributed by atoms with Gasteiger partial charge in [-0.1, -0.05) is 35.5 Å². The van der Waals surface area contributed by atoms with Gasteiger partial charge in [-0.2, -0.15) is 0 Å². The van der Waals surface area contributed by atoms with Gasteiger partial charge >= 0.3 is 0 Å². The van der Waals surface area contributed by atoms with E-state index < -0.39 is 0 Å². The van der Waals surface area contributed by atoms with Crippen molar-refractivity contribution in [3.8, 4) is 17.1 Å². The Morgan fingerprint density at radius 1 is 1.22 bits per heavy atom. The van der Waals surface area contributed by atoms with E-state index in [1.165, 1.54) is 11.8 Å². The summed E-state index contributed by atoms with van der Waals surface area (Å²) in [5.74, 6) is 1.45. The average molecular weight is 470 g/mol. The van der Waals surface area contributed by atoms with Crippen LogP contribution >= 0.6 is 23.4 Å². The van der Waals surface area contributed by atoms with Crippen LogP contribution in [-0.2, 0) is 22.6 Å². The van der Waals surface area contributed by atoms with Crippen LogP contribution in [0.4, 0.5) is 5.69 Å². The number of nitrogens with zero attached hydrogens (tertiary/aromatic N) is 2. The standard InChI is InChI=1S/C24H24ClN3O3S/c1-24(2)12-20-19(13-31-24)23(28-22(27-20)15-5-4-6-18(11-15)30-3)32-14-21(29)26-17-9-7-16(25)8-10-17/h4-11H,12-14H2,1-3H3,(H,26,29). The molecule has 1 aliphatic rings. The van der Waals surface area contributed by atoms with E-state index in [9.17, 15) is 4.79 Å². The number of rotatable bonds is 6. The highest BCUT2D eigenvalue weighted by atomic mass is 35.5. The molecule has 2 aromatic carbocycles. The lowest BCUT2D eigenvalue weighted by Crippen LogP contribution is -2.33. The average Bonchev–Trinajstić information content (AvgIpc) is 2.78. The first-order valence-corrected chi connectivity index (χ1v) is 11.6. The molecule has 1 amide bonds. The molecule has 1 aliphatic heterocycles. The fourth-order valence-electron chi connectivity index (χ4n) is 3.40. The fourth-order valence-corrected chi connectivity index (χ4v) is 4.36. The third-order valence-electron chi connectivity index (χ3n) is 5.05. The number of carbonyl (C=O) groups is 1. The van der Waals surface area contributed by atoms with Crippen LogP contribution in [0.2, 0.25) is 5.02 Å². The molecule has 0 unspecified atom stereocenters. The Labute approximate surface area is 196 Å². The van der Waals surface area contributed by atoms with E-state index in [4.69, 9.17) is 31.0 Å². The maximum absolute atomic E-state index is 12.5. The topological polar surface area (TPSA) is 73.3 Å². The fraction of sp³-hybridized carbons (Fsp3) is 0.292. The summed E-state index contributed by atoms with van der Waals surface area (Å²) in [6, 6.07) is 14.7. The maximum Gasteiger partial charge on any atom is 0.234 e. The molecule has 0 spiro atoms. The summed E-state index contributed by atoms with van der Waals surface area (Å²) in [4.78, 5) is 22.2. The molecular formula is C24H24ClN3O3S. The molecule has 6 nitrogen and oxygen atoms in total. The summed E-state index contributed by atoms with van der Waals surface area (Å²) < 4.78 is 11.4. The Kier molecular flexibility index (Phi) is 6.69. The highest BCUT2D eigenvalue weighted by Gasteiger charge is 2.30. The summed E-state index contributed by atoms with van der Waals surface area (Å²) in [6.07, 6.45) is 0.673. The third kappa shape index (κ3) is 5.41. The summed E-state index contributed by atoms with van der Waals surface area (Å²) in [6.45, 7) is 4.52. The van der Waals surface area contributed by atoms with E-state index in [1.54, 1.807) is 31.4 Å². The Hall–Kier alpha value is -2.61. The molecular weight excluding hydrogens is 446 g/mol. The maximum atomic E-state index is 12.5. The molecule has 1 aromatic heterocycles. The van der Waals surface area contributed by atoms with Gasteiger partial charge in [0.1, 0.15) is 10.8 Å². The second-order valence-electron chi connectivity index (χ2n) is 8.08. The number of fused-ring (bicyclic) bond motifs is 1. The van der Waals surface area contributed by atoms with E-state index in [1.807, 2.05) is 24.3 Å². The summed E-state index contributed by atoms with van der Waals surface area (Å²) in [5, 5.41) is 4.27. The Bertz CT molecular complexity index is 1140. The molecule has 166 valence electrons. The number of nitrogens with one attached hydrogen (secondary N) is 1. The van der Waals surface area contributed by atoms with E-state index in [2.05, 4.69) is 19.2 Å². The normalized spacial score (nSPS) is 14.5. The van der Waals surface area contributed by atoms with Crippen molar-refractivity contribution < 1.29 is 14.3 Å². The number of hydrogen-bond donors (Lipinski definition) is 1. The van der Waals surface area contributed by atoms with Crippen molar-refractivity contribution in [1.82, 2.24) is 9.97 Å². The number of methoxy groups -OCH3 is 1. The van der Waals surface area contributed by atoms with E-state index >= 15 is 0 Å². The van der Waals surface area contributed by atoms with Crippen LogP contribution < -0.4 is 10.1 Å². The van der Waals surface area contributed by atoms with Crippen molar-refractivity contribution >= 4 is 35.0 Å². The predicted molar refractivity (Wildman–Crippen MR) is 127 cm³/mol. The van der Waals surface area contributed by atoms with Crippen LogP contribution in [0.25, 0.3) is 11.4 Å². The summed E-state index contributed by atoms with van der Waals surface area (Å²) >= 11 is 7.29. The number of benzene rings is 2. The Morgan fingerprint density at radius 3 is 2.75 bits per heavy atom. The lowest BCUT2D eigenvalue weighted by molar-refractivity contribution is -0.113. The number of hydrogen-bond acceptors (Lipinski definition) is 6. The highest BCUT2D eigenvalue weighted by molar-refractivity contribution is 8.00. The van der Waals surface area contributed by atoms with Crippen molar-refractivity contribution in [2.45, 2.75) is 37.5 Å². The van der Waals surface area contributed by atoms with Crippen LogP contribution in [0.1, 0.15) is 25.1 Å². The van der Waals surface area contributed by atoms with Crippen LogP contribution in [0.3, 0.4) is 0 Å². The molecule has 32 heavy (non-hydrogen) atoms. The van der Waals surface area contributed by atoms with Gasteiger partial charge in [0, 0.05) is 28.3 Å². The van der Waals surface area contributed by atoms with Gasteiger partial charge in [-0.25, -0.2) is 9.97 Å². The van der Waals surface area contributed by atoms with Crippen molar-refractivity contribution in [3.05, 3.63) is 64.8 Å². The van der Waals surface area contributed by atoms with Gasteiger partial charge in [-0.15, -0.1) is 0 Å². The molecule has 0 fully saturated rings. The largest absolute Gasteiger partial charge is 0.497 e. The molecule has 0 radical (unpaired) electrons. The van der Waals surface area contributed by atoms with Crippen LogP contribution in [0, 0.1) is 0 Å². The first-order chi connectivity index (χ1) is 15.3. The van der Waals surface area contributed by atoms with Crippen LogP contribution in [-0.4, -0.2) is 34.3 Å². The number of halogens is 1. The summed E-state index contributed by atoms with van der Waals surface area (Å²) in [5.41, 5.74) is 3.16. The number of carbonyl (C=O) groups excluding carboxylic acids is 1. The molecule has 3 aromatic rings. The number of ether oxygens (including phenoxy) is 2. The van der Waals surface area contributed by atoms with Crippen LogP contribution in [0.5, 0.6) is 5.75 Å². The molecule has 0 bridgehead atoms. The van der Waals surface area contributed by atoms with Gasteiger partial charge in [0.25, 0.3) is 0 Å². The molecule has 8 heteroatoms. The molecule has 0 saturated carbocycles. The molecule has 0 atom stereocenters. The number of amides is 1. The van der Waals surface area contributed by atoms with Crippen LogP contribution in [0.15, 0.2) is 53.6 Å². The van der Waals surface area contributed by atoms with Crippen molar-refractivity contribution in [2.24, 2.45) is 0 Å². The van der Waals surface area contributed by atoms with Gasteiger partial charge in [0.15, 0.2) is 5.82 Å². The van der Waals surface area contributed by atoms with Gasteiger partial charge in [0.2, 0.25) is 5.91 Å². The molecule has 0 saturated heterocycles. The van der Waals surface area contributed by atoms with Crippen molar-refractivity contribution in [1.29, 1.82) is 0 Å². The number of aromatic nitrogens is 2. The highest BCUT2D eigenvalue weighted by Crippen LogP contribution is 2.34. The van der Waals surface area contributed by atoms with Gasteiger partial charge in [-0.05, 0) is 50.2 Å². The third-order valence-corrected chi connectivity index (χ3v) is 6.32. The quantitative estimate of drug-likeness (QED) is 0.385. The zero-order chi connectivity index (χ0) is 22.7. The zero-order valence-electron chi connectivity index (χ0n) is 18.1. The second kappa shape index (κ2) is 9.48. The first kappa shape index (κ1) is 22.6. The molecule has 2 heterocycles. The minimum Gasteiger partial charge on any atom is -0.497 e. The second-order valence-corrected chi connectivity index (χ2v) is 9.48. The SMILES string of the molecule is COc1cccc(-c2nc3c(c(SCC(=O)Nc4ccc(Cl)cc4)n2)COC(C)(C)C3)c1. The zero-order valence-corrected chi connectivity index (χ0v) is 19.7. The first-order valence-electron chi connectivity index (χ1n) is 10.2. The van der Waals surface area contributed by atoms with Crippen molar-refractivity contribution in [3.63, 3.8) is 0 Å². The molecule has 4 rings (SSSR count). The lowest BCUT2D eigenvalue weighted by Gasteiger charge is -2.32. The van der Waals surface area contributed by atoms with E-state index in [0.717, 1.165) is 27.6 Å². The van der Waals surface area contributed by atoms with Gasteiger partial charge in [0.05, 0.1) is 30.8 Å². The minimum absolute atomic E-state index is 0.121. The number of thioether (sulfide) groups is 1. The van der Waals surface area contributed by atoms with Gasteiger partial charge in [-0.3, -0.25) is 4.79 Å². The molecule has 1 N–H and O–H groups in total. The predicted octanol–water partition coefficient (Wildman–Crippen LogP) is 5.39. The van der Waals surface area contributed by atoms with Crippen molar-refractivity contribution in [2.75, 3.05) is 18.2 Å². The smallest absolute Gasteiger partial charge is 0.234 e. The molecule has 0 aliphatic carbocycles. The Balaban J connectivity index is 1.59. The summed E-state index contributed by atoms with van der Waals surface area (Å²) in [7, 11) is 1.63. The monoisotopic (exact) mass is 469 g/mol. The minimum atomic E-state index is -0.305. The van der Waals surface area contributed by atoms with E-state index in [-0.39, 0.29) is 17.3 Å². The lowest BCUT2D eigenvalue weighted by atomic mass is 9.96. The Morgan fingerprint density at radius 2 is 2.00 bits per heavy atom. The van der Waals surface area contributed by atoms with Gasteiger partial charge < -0.3 is 14.8 Å². The number of anilines is 1.